The second-order valence-electron chi connectivity index (χ2n) is 5.58. The molecule has 0 saturated carbocycles. The van der Waals surface area contributed by atoms with E-state index in [-0.39, 0.29) is 17.5 Å². The standard InChI is InChI=1S/C18H16FN3O3/c1-11(15-10-13(19)4-7-17(15)25-2)20-18-8-3-12-9-14(22(23)24)5-6-16(12)21-18/h3-11H,1-2H3,(H,20,21). The topological polar surface area (TPSA) is 77.3 Å². The van der Waals surface area contributed by atoms with E-state index in [1.54, 1.807) is 24.3 Å². The van der Waals surface area contributed by atoms with Gasteiger partial charge in [-0.05, 0) is 43.3 Å². The molecule has 6 nitrogen and oxygen atoms in total. The van der Waals surface area contributed by atoms with Gasteiger partial charge in [0.15, 0.2) is 0 Å². The number of aromatic nitrogens is 1. The van der Waals surface area contributed by atoms with Gasteiger partial charge in [0.1, 0.15) is 17.4 Å². The van der Waals surface area contributed by atoms with E-state index >= 15 is 0 Å². The molecular weight excluding hydrogens is 325 g/mol. The van der Waals surface area contributed by atoms with Crippen molar-refractivity contribution in [1.82, 2.24) is 4.98 Å². The molecule has 0 amide bonds. The first kappa shape index (κ1) is 16.6. The highest BCUT2D eigenvalue weighted by molar-refractivity contribution is 5.82. The van der Waals surface area contributed by atoms with E-state index in [0.717, 1.165) is 0 Å². The van der Waals surface area contributed by atoms with Crippen LogP contribution in [-0.2, 0) is 0 Å². The number of non-ortho nitro benzene ring substituents is 1. The van der Waals surface area contributed by atoms with Gasteiger partial charge in [0.2, 0.25) is 0 Å². The number of nitro groups is 1. The highest BCUT2D eigenvalue weighted by Gasteiger charge is 2.14. The van der Waals surface area contributed by atoms with Crippen LogP contribution in [0.2, 0.25) is 0 Å². The quantitative estimate of drug-likeness (QED) is 0.547. The molecule has 0 saturated heterocycles. The fourth-order valence-corrected chi connectivity index (χ4v) is 2.65. The first-order valence-corrected chi connectivity index (χ1v) is 7.63. The fourth-order valence-electron chi connectivity index (χ4n) is 2.65. The van der Waals surface area contributed by atoms with Crippen LogP contribution < -0.4 is 10.1 Å². The molecule has 7 heteroatoms. The van der Waals surface area contributed by atoms with Crippen molar-refractivity contribution in [2.75, 3.05) is 12.4 Å². The van der Waals surface area contributed by atoms with Gasteiger partial charge >= 0.3 is 0 Å². The Morgan fingerprint density at radius 2 is 2.00 bits per heavy atom. The van der Waals surface area contributed by atoms with Crippen molar-refractivity contribution in [2.24, 2.45) is 0 Å². The number of anilines is 1. The Morgan fingerprint density at radius 3 is 2.72 bits per heavy atom. The Kier molecular flexibility index (Phi) is 4.47. The van der Waals surface area contributed by atoms with Gasteiger partial charge in [0, 0.05) is 23.1 Å². The van der Waals surface area contributed by atoms with Crippen LogP contribution in [-0.4, -0.2) is 17.0 Å². The van der Waals surface area contributed by atoms with Crippen molar-refractivity contribution in [3.63, 3.8) is 0 Å². The largest absolute Gasteiger partial charge is 0.496 e. The SMILES string of the molecule is COc1ccc(F)cc1C(C)Nc1ccc2cc([N+](=O)[O-])ccc2n1. The van der Waals surface area contributed by atoms with Gasteiger partial charge in [0.25, 0.3) is 5.69 Å². The van der Waals surface area contributed by atoms with E-state index in [1.165, 1.54) is 31.4 Å². The molecule has 2 aromatic carbocycles. The van der Waals surface area contributed by atoms with Crippen molar-refractivity contribution in [3.05, 3.63) is 70.0 Å². The summed E-state index contributed by atoms with van der Waals surface area (Å²) in [6.45, 7) is 1.87. The first-order chi connectivity index (χ1) is 12.0. The Hall–Kier alpha value is -3.22. The van der Waals surface area contributed by atoms with Crippen molar-refractivity contribution < 1.29 is 14.1 Å². The Balaban J connectivity index is 1.89. The normalized spacial score (nSPS) is 12.0. The third-order valence-electron chi connectivity index (χ3n) is 3.91. The molecule has 1 aromatic heterocycles. The van der Waals surface area contributed by atoms with E-state index in [1.807, 2.05) is 6.92 Å². The predicted molar refractivity (Wildman–Crippen MR) is 93.4 cm³/mol. The molecule has 1 heterocycles. The Morgan fingerprint density at radius 1 is 1.20 bits per heavy atom. The van der Waals surface area contributed by atoms with Crippen LogP contribution >= 0.6 is 0 Å². The van der Waals surface area contributed by atoms with E-state index < -0.39 is 4.92 Å². The highest BCUT2D eigenvalue weighted by Crippen LogP contribution is 2.29. The number of rotatable bonds is 5. The molecule has 0 spiro atoms. The van der Waals surface area contributed by atoms with E-state index in [4.69, 9.17) is 4.74 Å². The van der Waals surface area contributed by atoms with Gasteiger partial charge in [-0.25, -0.2) is 9.37 Å². The van der Waals surface area contributed by atoms with E-state index in [9.17, 15) is 14.5 Å². The van der Waals surface area contributed by atoms with Gasteiger partial charge in [-0.1, -0.05) is 0 Å². The summed E-state index contributed by atoms with van der Waals surface area (Å²) in [6, 6.07) is 12.1. The summed E-state index contributed by atoms with van der Waals surface area (Å²) < 4.78 is 18.8. The number of benzene rings is 2. The molecule has 0 aliphatic carbocycles. The zero-order chi connectivity index (χ0) is 18.0. The van der Waals surface area contributed by atoms with Crippen molar-refractivity contribution >= 4 is 22.4 Å². The predicted octanol–water partition coefficient (Wildman–Crippen LogP) is 4.46. The Labute approximate surface area is 143 Å². The number of methoxy groups -OCH3 is 1. The molecule has 3 aromatic rings. The summed E-state index contributed by atoms with van der Waals surface area (Å²) in [6.07, 6.45) is 0. The fraction of sp³-hybridized carbons (Fsp3) is 0.167. The minimum atomic E-state index is -0.441. The van der Waals surface area contributed by atoms with E-state index in [2.05, 4.69) is 10.3 Å². The molecule has 1 unspecified atom stereocenters. The molecular formula is C18H16FN3O3. The molecule has 1 N–H and O–H groups in total. The first-order valence-electron chi connectivity index (χ1n) is 7.63. The molecule has 3 rings (SSSR count). The maximum absolute atomic E-state index is 13.5. The lowest BCUT2D eigenvalue weighted by molar-refractivity contribution is -0.384. The number of ether oxygens (including phenoxy) is 1. The molecule has 0 aliphatic heterocycles. The second kappa shape index (κ2) is 6.72. The third kappa shape index (κ3) is 3.50. The molecule has 0 aliphatic rings. The molecule has 1 atom stereocenters. The zero-order valence-electron chi connectivity index (χ0n) is 13.7. The number of nitrogens with one attached hydrogen (secondary N) is 1. The zero-order valence-corrected chi connectivity index (χ0v) is 13.7. The lowest BCUT2D eigenvalue weighted by Crippen LogP contribution is -2.09. The van der Waals surface area contributed by atoms with Crippen molar-refractivity contribution in [2.45, 2.75) is 13.0 Å². The highest BCUT2D eigenvalue weighted by atomic mass is 19.1. The summed E-state index contributed by atoms with van der Waals surface area (Å²) in [5, 5.41) is 14.7. The monoisotopic (exact) mass is 341 g/mol. The molecule has 25 heavy (non-hydrogen) atoms. The second-order valence-corrected chi connectivity index (χ2v) is 5.58. The summed E-state index contributed by atoms with van der Waals surface area (Å²) in [4.78, 5) is 14.8. The van der Waals surface area contributed by atoms with Crippen LogP contribution in [0.4, 0.5) is 15.9 Å². The van der Waals surface area contributed by atoms with Gasteiger partial charge in [-0.15, -0.1) is 0 Å². The number of nitrogens with zero attached hydrogens (tertiary/aromatic N) is 2. The number of hydrogen-bond donors (Lipinski definition) is 1. The lowest BCUT2D eigenvalue weighted by Gasteiger charge is -2.18. The number of nitro benzene ring substituents is 1. The summed E-state index contributed by atoms with van der Waals surface area (Å²) in [5.74, 6) is 0.821. The maximum atomic E-state index is 13.5. The average Bonchev–Trinajstić information content (AvgIpc) is 2.61. The minimum absolute atomic E-state index is 0.0212. The van der Waals surface area contributed by atoms with E-state index in [0.29, 0.717) is 28.0 Å². The van der Waals surface area contributed by atoms with Crippen LogP contribution in [0.5, 0.6) is 5.75 Å². The van der Waals surface area contributed by atoms with Crippen LogP contribution in [0.15, 0.2) is 48.5 Å². The minimum Gasteiger partial charge on any atom is -0.496 e. The Bertz CT molecular complexity index is 946. The number of halogens is 1. The lowest BCUT2D eigenvalue weighted by atomic mass is 10.1. The molecule has 128 valence electrons. The smallest absolute Gasteiger partial charge is 0.270 e. The number of pyridine rings is 1. The molecule has 0 fully saturated rings. The van der Waals surface area contributed by atoms with Crippen LogP contribution in [0.25, 0.3) is 10.9 Å². The van der Waals surface area contributed by atoms with Gasteiger partial charge in [-0.2, -0.15) is 0 Å². The summed E-state index contributed by atoms with van der Waals surface area (Å²) in [5.41, 5.74) is 1.33. The van der Waals surface area contributed by atoms with Gasteiger partial charge in [-0.3, -0.25) is 10.1 Å². The number of hydrogen-bond acceptors (Lipinski definition) is 5. The summed E-state index contributed by atoms with van der Waals surface area (Å²) >= 11 is 0. The third-order valence-corrected chi connectivity index (χ3v) is 3.91. The molecule has 0 radical (unpaired) electrons. The summed E-state index contributed by atoms with van der Waals surface area (Å²) in [7, 11) is 1.53. The molecule has 0 bridgehead atoms. The van der Waals surface area contributed by atoms with Crippen LogP contribution in [0, 0.1) is 15.9 Å². The van der Waals surface area contributed by atoms with Crippen molar-refractivity contribution in [1.29, 1.82) is 0 Å². The van der Waals surface area contributed by atoms with Crippen molar-refractivity contribution in [3.8, 4) is 5.75 Å². The maximum Gasteiger partial charge on any atom is 0.270 e. The van der Waals surface area contributed by atoms with Gasteiger partial charge in [0.05, 0.1) is 23.6 Å². The van der Waals surface area contributed by atoms with Crippen LogP contribution in [0.3, 0.4) is 0 Å². The van der Waals surface area contributed by atoms with Gasteiger partial charge < -0.3 is 10.1 Å². The number of fused-ring (bicyclic) bond motifs is 1. The van der Waals surface area contributed by atoms with Crippen LogP contribution in [0.1, 0.15) is 18.5 Å². The average molecular weight is 341 g/mol.